The van der Waals surface area contributed by atoms with Gasteiger partial charge in [-0.25, -0.2) is 27.9 Å². The van der Waals surface area contributed by atoms with Gasteiger partial charge in [-0.1, -0.05) is 23.4 Å². The molecule has 50 heavy (non-hydrogen) atoms. The molecule has 0 saturated carbocycles. The number of aromatic carboxylic acids is 1. The zero-order valence-electron chi connectivity index (χ0n) is 26.9. The molecular formula is C35H29ClF3N7O3S. The quantitative estimate of drug-likeness (QED) is 0.188. The van der Waals surface area contributed by atoms with E-state index in [1.807, 2.05) is 0 Å². The highest BCUT2D eigenvalue weighted by Gasteiger charge is 2.34. The molecule has 5 heterocycles. The fourth-order valence-electron chi connectivity index (χ4n) is 6.23. The first kappa shape index (κ1) is 34.8. The second-order valence-electron chi connectivity index (χ2n) is 12.0. The van der Waals surface area contributed by atoms with Gasteiger partial charge in [-0.3, -0.25) is 19.2 Å². The van der Waals surface area contributed by atoms with Crippen LogP contribution in [0.25, 0.3) is 32.2 Å². The first-order valence-corrected chi connectivity index (χ1v) is 16.8. The molecule has 0 unspecified atom stereocenters. The number of alkyl halides is 3. The van der Waals surface area contributed by atoms with E-state index in [1.54, 1.807) is 48.5 Å². The molecule has 5 aromatic rings. The van der Waals surface area contributed by atoms with Gasteiger partial charge in [0.2, 0.25) is 0 Å². The summed E-state index contributed by atoms with van der Waals surface area (Å²) in [4.78, 5) is 42.3. The van der Waals surface area contributed by atoms with E-state index in [1.165, 1.54) is 33.2 Å². The van der Waals surface area contributed by atoms with Gasteiger partial charge >= 0.3 is 5.97 Å². The smallest absolute Gasteiger partial charge is 0.338 e. The van der Waals surface area contributed by atoms with E-state index in [4.69, 9.17) is 11.6 Å². The minimum atomic E-state index is -3.40. The maximum Gasteiger partial charge on any atom is 0.338 e. The Labute approximate surface area is 293 Å². The van der Waals surface area contributed by atoms with Gasteiger partial charge in [0.05, 0.1) is 46.0 Å². The summed E-state index contributed by atoms with van der Waals surface area (Å²) in [7, 11) is 1.75. The maximum atomic E-state index is 13.9. The number of nitriles is 1. The van der Waals surface area contributed by atoms with Gasteiger partial charge in [0.1, 0.15) is 23.3 Å². The average molecular weight is 720 g/mol. The zero-order chi connectivity index (χ0) is 35.7. The molecule has 4 aromatic heterocycles. The normalized spacial score (nSPS) is 14.0. The highest BCUT2D eigenvalue weighted by Crippen LogP contribution is 2.36. The molecule has 256 valence electrons. The minimum Gasteiger partial charge on any atom is -0.478 e. The van der Waals surface area contributed by atoms with E-state index in [2.05, 4.69) is 32.9 Å². The third-order valence-electron chi connectivity index (χ3n) is 8.79. The van der Waals surface area contributed by atoms with E-state index < -0.39 is 30.7 Å². The molecule has 0 amide bonds. The van der Waals surface area contributed by atoms with Crippen LogP contribution in [0.5, 0.6) is 0 Å². The molecule has 1 aliphatic rings. The Morgan fingerprint density at radius 1 is 1.22 bits per heavy atom. The summed E-state index contributed by atoms with van der Waals surface area (Å²) >= 11 is 7.62. The molecule has 1 N–H and O–H groups in total. The Hall–Kier alpha value is -5.02. The first-order valence-electron chi connectivity index (χ1n) is 15.5. The number of aromatic nitrogens is 4. The zero-order valence-corrected chi connectivity index (χ0v) is 28.5. The molecule has 0 bridgehead atoms. The number of anilines is 1. The van der Waals surface area contributed by atoms with Crippen molar-refractivity contribution < 1.29 is 23.1 Å². The first-order chi connectivity index (χ1) is 23.9. The predicted octanol–water partition coefficient (Wildman–Crippen LogP) is 6.16. The molecule has 1 aromatic carbocycles. The Morgan fingerprint density at radius 2 is 1.98 bits per heavy atom. The van der Waals surface area contributed by atoms with Gasteiger partial charge in [-0.05, 0) is 44.0 Å². The average Bonchev–Trinajstić information content (AvgIpc) is 3.54. The SMILES string of the molecule is Cc1nc2cnc(N(C)C3CCN(CC(F)(F)CF)CC3)c(C#N)c2c(=O)n1CC#Cc1ccc(Cl)cc1-c1ccnc2c(C(=O)O)csc12. The summed E-state index contributed by atoms with van der Waals surface area (Å²) in [6, 6.07) is 8.93. The van der Waals surface area contributed by atoms with Gasteiger partial charge in [-0.2, -0.15) is 5.26 Å². The molecule has 10 nitrogen and oxygen atoms in total. The third kappa shape index (κ3) is 6.74. The van der Waals surface area contributed by atoms with Crippen molar-refractivity contribution in [3.05, 3.63) is 79.9 Å². The number of nitrogens with zero attached hydrogens (tertiary/aromatic N) is 7. The van der Waals surface area contributed by atoms with Crippen molar-refractivity contribution in [1.29, 1.82) is 5.26 Å². The van der Waals surface area contributed by atoms with Crippen LogP contribution in [0, 0.1) is 30.1 Å². The Morgan fingerprint density at radius 3 is 2.68 bits per heavy atom. The van der Waals surface area contributed by atoms with Crippen molar-refractivity contribution in [3.63, 3.8) is 0 Å². The van der Waals surface area contributed by atoms with Crippen molar-refractivity contribution >= 4 is 55.8 Å². The van der Waals surface area contributed by atoms with Gasteiger partial charge in [0.25, 0.3) is 11.5 Å². The number of aryl methyl sites for hydroxylation is 1. The summed E-state index contributed by atoms with van der Waals surface area (Å²) < 4.78 is 41.9. The second-order valence-corrected chi connectivity index (χ2v) is 13.3. The fraction of sp³-hybridized carbons (Fsp3) is 0.314. The lowest BCUT2D eigenvalue weighted by Crippen LogP contribution is -2.47. The molecular weight excluding hydrogens is 691 g/mol. The highest BCUT2D eigenvalue weighted by molar-refractivity contribution is 7.18. The van der Waals surface area contributed by atoms with Crippen LogP contribution in [0.4, 0.5) is 19.0 Å². The summed E-state index contributed by atoms with van der Waals surface area (Å²) in [6.45, 7) is -0.106. The van der Waals surface area contributed by atoms with E-state index in [0.717, 1.165) is 0 Å². The molecule has 1 fully saturated rings. The van der Waals surface area contributed by atoms with E-state index in [9.17, 15) is 33.1 Å². The topological polar surface area (TPSA) is 128 Å². The Kier molecular flexibility index (Phi) is 9.80. The number of benzene rings is 1. The number of fused-ring (bicyclic) bond motifs is 2. The van der Waals surface area contributed by atoms with E-state index in [-0.39, 0.29) is 40.4 Å². The summed E-state index contributed by atoms with van der Waals surface area (Å²) in [5.41, 5.74) is 2.28. The number of hydrogen-bond donors (Lipinski definition) is 1. The molecule has 0 spiro atoms. The molecule has 0 atom stereocenters. The van der Waals surface area contributed by atoms with Crippen LogP contribution < -0.4 is 10.5 Å². The summed E-state index contributed by atoms with van der Waals surface area (Å²) in [6.07, 6.45) is 3.95. The minimum absolute atomic E-state index is 0.0500. The van der Waals surface area contributed by atoms with Crippen LogP contribution in [0.1, 0.15) is 40.2 Å². The van der Waals surface area contributed by atoms with Gasteiger partial charge in [-0.15, -0.1) is 11.3 Å². The number of rotatable bonds is 8. The third-order valence-corrected chi connectivity index (χ3v) is 10.0. The Bertz CT molecular complexity index is 2300. The maximum absolute atomic E-state index is 13.9. The number of thiophene rings is 1. The lowest BCUT2D eigenvalue weighted by atomic mass is 10.00. The van der Waals surface area contributed by atoms with Crippen molar-refractivity contribution in [2.24, 2.45) is 0 Å². The Balaban J connectivity index is 1.31. The molecule has 0 aliphatic carbocycles. The van der Waals surface area contributed by atoms with Crippen molar-refractivity contribution in [2.45, 2.75) is 38.3 Å². The van der Waals surface area contributed by atoms with Crippen LogP contribution in [0.3, 0.4) is 0 Å². The number of carbonyl (C=O) groups is 1. The van der Waals surface area contributed by atoms with Crippen LogP contribution in [-0.2, 0) is 6.54 Å². The van der Waals surface area contributed by atoms with Crippen molar-refractivity contribution in [1.82, 2.24) is 24.4 Å². The molecule has 15 heteroatoms. The fourth-order valence-corrected chi connectivity index (χ4v) is 7.43. The van der Waals surface area contributed by atoms with Crippen molar-refractivity contribution in [3.8, 4) is 29.0 Å². The predicted molar refractivity (Wildman–Crippen MR) is 186 cm³/mol. The van der Waals surface area contributed by atoms with Gasteiger partial charge in [0.15, 0.2) is 6.67 Å². The molecule has 1 aliphatic heterocycles. The molecule has 0 radical (unpaired) electrons. The van der Waals surface area contributed by atoms with Crippen LogP contribution in [0.2, 0.25) is 5.02 Å². The molecule has 1 saturated heterocycles. The summed E-state index contributed by atoms with van der Waals surface area (Å²) in [5.74, 6) is 2.34. The lowest BCUT2D eigenvalue weighted by Gasteiger charge is -2.38. The van der Waals surface area contributed by atoms with Gasteiger partial charge in [0, 0.05) is 59.5 Å². The number of carboxylic acids is 1. The van der Waals surface area contributed by atoms with E-state index in [0.29, 0.717) is 63.7 Å². The van der Waals surface area contributed by atoms with Crippen molar-refractivity contribution in [2.75, 3.05) is 38.3 Å². The van der Waals surface area contributed by atoms with Crippen LogP contribution >= 0.6 is 22.9 Å². The second kappa shape index (κ2) is 14.1. The highest BCUT2D eigenvalue weighted by atomic mass is 35.5. The standard InChI is InChI=1S/C35H29ClF3N7O3S/c1-20-43-28-16-42-32(44(2)23-8-12-45(13-9-23)19-35(38,39)18-37)26(15-40)29(28)33(47)46(20)11-3-4-21-5-6-22(36)14-25(21)24-7-10-41-30-27(34(48)49)17-50-31(24)30/h5-7,10,14,16-17,23H,8-9,11-13,18-19H2,1-2H3,(H,48,49). The number of pyridine rings is 2. The summed E-state index contributed by atoms with van der Waals surface area (Å²) in [5, 5.41) is 21.9. The number of carboxylic acid groups (broad SMARTS) is 1. The number of hydrogen-bond acceptors (Lipinski definition) is 9. The number of piperidine rings is 1. The van der Waals surface area contributed by atoms with Gasteiger partial charge < -0.3 is 10.0 Å². The monoisotopic (exact) mass is 719 g/mol. The molecule has 6 rings (SSSR count). The number of halogens is 4. The lowest BCUT2D eigenvalue weighted by molar-refractivity contribution is -0.0543. The van der Waals surface area contributed by atoms with E-state index >= 15 is 0 Å². The largest absolute Gasteiger partial charge is 0.478 e. The number of likely N-dealkylation sites (tertiary alicyclic amines) is 1. The van der Waals surface area contributed by atoms with Crippen LogP contribution in [-0.4, -0.2) is 80.8 Å². The van der Waals surface area contributed by atoms with Crippen LogP contribution in [0.15, 0.2) is 46.8 Å².